The number of likely N-dealkylation sites (N-methyl/N-ethyl adjacent to an activating group) is 1. The van der Waals surface area contributed by atoms with Crippen molar-refractivity contribution in [3.8, 4) is 0 Å². The lowest BCUT2D eigenvalue weighted by Gasteiger charge is -2.17. The first-order valence-electron chi connectivity index (χ1n) is 8.47. The molecule has 0 spiro atoms. The highest BCUT2D eigenvalue weighted by Gasteiger charge is 2.22. The lowest BCUT2D eigenvalue weighted by atomic mass is 9.89. The summed E-state index contributed by atoms with van der Waals surface area (Å²) in [4.78, 5) is 18.6. The number of hydrogen-bond donors (Lipinski definition) is 0. The number of halogens is 1. The van der Waals surface area contributed by atoms with Crippen molar-refractivity contribution in [2.45, 2.75) is 44.4 Å². The van der Waals surface area contributed by atoms with Gasteiger partial charge in [-0.3, -0.25) is 4.79 Å². The standard InChI is InChI=1S/C18H22ClN3O2/c1-22(18(23)14-9-5-6-10-15(14)19)12-11-16-20-17(24-21-16)13-7-3-2-4-8-13/h5-6,9-10,13H,2-4,7-8,11-12H2,1H3. The molecular weight excluding hydrogens is 326 g/mol. The maximum atomic E-state index is 12.4. The van der Waals surface area contributed by atoms with Crippen molar-refractivity contribution >= 4 is 17.5 Å². The SMILES string of the molecule is CN(CCc1noc(C2CCCCC2)n1)C(=O)c1ccccc1Cl. The number of nitrogens with zero attached hydrogens (tertiary/aromatic N) is 3. The van der Waals surface area contributed by atoms with Gasteiger partial charge in [-0.25, -0.2) is 0 Å². The minimum absolute atomic E-state index is 0.100. The zero-order chi connectivity index (χ0) is 16.9. The van der Waals surface area contributed by atoms with Crippen molar-refractivity contribution in [3.63, 3.8) is 0 Å². The fraction of sp³-hybridized carbons (Fsp3) is 0.500. The van der Waals surface area contributed by atoms with Crippen LogP contribution in [0.3, 0.4) is 0 Å². The van der Waals surface area contributed by atoms with E-state index in [-0.39, 0.29) is 5.91 Å². The molecule has 1 amide bonds. The Hall–Kier alpha value is -1.88. The third kappa shape index (κ3) is 3.96. The van der Waals surface area contributed by atoms with Gasteiger partial charge in [0.25, 0.3) is 5.91 Å². The highest BCUT2D eigenvalue weighted by molar-refractivity contribution is 6.33. The summed E-state index contributed by atoms with van der Waals surface area (Å²) in [6, 6.07) is 7.07. The van der Waals surface area contributed by atoms with Gasteiger partial charge in [-0.15, -0.1) is 0 Å². The predicted molar refractivity (Wildman–Crippen MR) is 92.2 cm³/mol. The zero-order valence-electron chi connectivity index (χ0n) is 13.9. The molecule has 0 N–H and O–H groups in total. The molecule has 6 heteroatoms. The van der Waals surface area contributed by atoms with Gasteiger partial charge in [0.2, 0.25) is 5.89 Å². The van der Waals surface area contributed by atoms with Crippen molar-refractivity contribution < 1.29 is 9.32 Å². The van der Waals surface area contributed by atoms with E-state index in [1.807, 2.05) is 12.1 Å². The summed E-state index contributed by atoms with van der Waals surface area (Å²) in [5.74, 6) is 1.72. The Balaban J connectivity index is 1.56. The Morgan fingerprint density at radius 1 is 1.29 bits per heavy atom. The van der Waals surface area contributed by atoms with Crippen LogP contribution in [0, 0.1) is 0 Å². The van der Waals surface area contributed by atoms with Gasteiger partial charge >= 0.3 is 0 Å². The highest BCUT2D eigenvalue weighted by Crippen LogP contribution is 2.31. The molecular formula is C18H22ClN3O2. The quantitative estimate of drug-likeness (QED) is 0.817. The molecule has 1 fully saturated rings. The Morgan fingerprint density at radius 3 is 2.79 bits per heavy atom. The molecule has 0 bridgehead atoms. The second kappa shape index (κ2) is 7.79. The van der Waals surface area contributed by atoms with Crippen molar-refractivity contribution in [3.05, 3.63) is 46.6 Å². The number of amides is 1. The van der Waals surface area contributed by atoms with Gasteiger partial charge in [-0.05, 0) is 25.0 Å². The summed E-state index contributed by atoms with van der Waals surface area (Å²) in [5.41, 5.74) is 0.512. The number of rotatable bonds is 5. The number of carbonyl (C=O) groups excluding carboxylic acids is 1. The third-order valence-electron chi connectivity index (χ3n) is 4.56. The van der Waals surface area contributed by atoms with Crippen LogP contribution in [0.25, 0.3) is 0 Å². The summed E-state index contributed by atoms with van der Waals surface area (Å²) in [6.07, 6.45) is 6.60. The lowest BCUT2D eigenvalue weighted by molar-refractivity contribution is 0.0796. The zero-order valence-corrected chi connectivity index (χ0v) is 14.6. The van der Waals surface area contributed by atoms with Crippen molar-refractivity contribution in [1.29, 1.82) is 0 Å². The molecule has 2 aromatic rings. The van der Waals surface area contributed by atoms with Gasteiger partial charge in [-0.2, -0.15) is 4.98 Å². The van der Waals surface area contributed by atoms with Crippen molar-refractivity contribution in [2.24, 2.45) is 0 Å². The summed E-state index contributed by atoms with van der Waals surface area (Å²) in [7, 11) is 1.76. The summed E-state index contributed by atoms with van der Waals surface area (Å²) in [6.45, 7) is 0.522. The largest absolute Gasteiger partial charge is 0.341 e. The Labute approximate surface area is 147 Å². The van der Waals surface area contributed by atoms with Crippen LogP contribution in [-0.4, -0.2) is 34.5 Å². The molecule has 0 radical (unpaired) electrons. The molecule has 1 aliphatic carbocycles. The molecule has 1 aliphatic rings. The van der Waals surface area contributed by atoms with Crippen molar-refractivity contribution in [2.75, 3.05) is 13.6 Å². The van der Waals surface area contributed by atoms with Crippen molar-refractivity contribution in [1.82, 2.24) is 15.0 Å². The normalized spacial score (nSPS) is 15.4. The molecule has 0 saturated heterocycles. The smallest absolute Gasteiger partial charge is 0.255 e. The molecule has 1 aromatic heterocycles. The summed E-state index contributed by atoms with van der Waals surface area (Å²) in [5, 5.41) is 4.53. The van der Waals surface area contributed by atoms with Crippen LogP contribution in [0.4, 0.5) is 0 Å². The van der Waals surface area contributed by atoms with E-state index >= 15 is 0 Å². The monoisotopic (exact) mass is 347 g/mol. The lowest BCUT2D eigenvalue weighted by Crippen LogP contribution is -2.29. The number of carbonyl (C=O) groups is 1. The van der Waals surface area contributed by atoms with Gasteiger partial charge in [0.05, 0.1) is 10.6 Å². The van der Waals surface area contributed by atoms with E-state index in [0.717, 1.165) is 18.7 Å². The number of aromatic nitrogens is 2. The van der Waals surface area contributed by atoms with Gasteiger partial charge in [0.1, 0.15) is 0 Å². The van der Waals surface area contributed by atoms with Crippen LogP contribution in [0.1, 0.15) is 60.1 Å². The summed E-state index contributed by atoms with van der Waals surface area (Å²) >= 11 is 6.08. The van der Waals surface area contributed by atoms with E-state index in [0.29, 0.717) is 35.3 Å². The molecule has 24 heavy (non-hydrogen) atoms. The number of benzene rings is 1. The fourth-order valence-corrected chi connectivity index (χ4v) is 3.31. The molecule has 3 rings (SSSR count). The topological polar surface area (TPSA) is 59.2 Å². The molecule has 0 atom stereocenters. The average Bonchev–Trinajstić information content (AvgIpc) is 3.09. The van der Waals surface area contributed by atoms with Crippen LogP contribution in [0.5, 0.6) is 0 Å². The van der Waals surface area contributed by atoms with E-state index in [9.17, 15) is 4.79 Å². The first kappa shape index (κ1) is 17.0. The van der Waals surface area contributed by atoms with Gasteiger partial charge < -0.3 is 9.42 Å². The molecule has 0 unspecified atom stereocenters. The number of hydrogen-bond acceptors (Lipinski definition) is 4. The Morgan fingerprint density at radius 2 is 2.04 bits per heavy atom. The second-order valence-electron chi connectivity index (χ2n) is 6.34. The van der Waals surface area contributed by atoms with E-state index in [1.54, 1.807) is 24.1 Å². The highest BCUT2D eigenvalue weighted by atomic mass is 35.5. The molecule has 0 aliphatic heterocycles. The van der Waals surface area contributed by atoms with Crippen LogP contribution in [0.15, 0.2) is 28.8 Å². The Kier molecular flexibility index (Phi) is 5.51. The van der Waals surface area contributed by atoms with E-state index < -0.39 is 0 Å². The fourth-order valence-electron chi connectivity index (χ4n) is 3.09. The molecule has 1 saturated carbocycles. The minimum Gasteiger partial charge on any atom is -0.341 e. The molecule has 128 valence electrons. The van der Waals surface area contributed by atoms with Crippen LogP contribution < -0.4 is 0 Å². The first-order chi connectivity index (χ1) is 11.6. The maximum Gasteiger partial charge on any atom is 0.255 e. The minimum atomic E-state index is -0.100. The van der Waals surface area contributed by atoms with Gasteiger partial charge in [-0.1, -0.05) is 48.2 Å². The maximum absolute atomic E-state index is 12.4. The van der Waals surface area contributed by atoms with E-state index in [2.05, 4.69) is 10.1 Å². The first-order valence-corrected chi connectivity index (χ1v) is 8.85. The van der Waals surface area contributed by atoms with Crippen LogP contribution >= 0.6 is 11.6 Å². The Bertz CT molecular complexity index is 695. The van der Waals surface area contributed by atoms with Crippen LogP contribution in [0.2, 0.25) is 5.02 Å². The molecule has 1 aromatic carbocycles. The summed E-state index contributed by atoms with van der Waals surface area (Å²) < 4.78 is 5.41. The predicted octanol–water partition coefficient (Wildman–Crippen LogP) is 4.09. The van der Waals surface area contributed by atoms with E-state index in [4.69, 9.17) is 16.1 Å². The van der Waals surface area contributed by atoms with Crippen LogP contribution in [-0.2, 0) is 6.42 Å². The molecule has 5 nitrogen and oxygen atoms in total. The third-order valence-corrected chi connectivity index (χ3v) is 4.89. The molecule has 1 heterocycles. The van der Waals surface area contributed by atoms with Gasteiger partial charge in [0.15, 0.2) is 5.82 Å². The average molecular weight is 348 g/mol. The van der Waals surface area contributed by atoms with E-state index in [1.165, 1.54) is 19.3 Å². The second-order valence-corrected chi connectivity index (χ2v) is 6.75. The van der Waals surface area contributed by atoms with Gasteiger partial charge in [0, 0.05) is 25.9 Å².